The largest absolute Gasteiger partial charge is 0.494 e. The number of hydrogen-bond donors (Lipinski definition) is 2. The summed E-state index contributed by atoms with van der Waals surface area (Å²) in [6.07, 6.45) is 5.46. The van der Waals surface area contributed by atoms with Crippen LogP contribution in [0.15, 0.2) is 53.7 Å². The summed E-state index contributed by atoms with van der Waals surface area (Å²) in [6.45, 7) is 2.94. The quantitative estimate of drug-likeness (QED) is 0.199. The Bertz CT molecular complexity index is 2370. The van der Waals surface area contributed by atoms with Gasteiger partial charge >= 0.3 is 11.9 Å². The fraction of sp³-hybridized carbons (Fsp3) is 0.462. The third kappa shape index (κ3) is 7.15. The van der Waals surface area contributed by atoms with Crippen LogP contribution < -0.4 is 21.1 Å². The van der Waals surface area contributed by atoms with Gasteiger partial charge in [-0.15, -0.1) is 0 Å². The van der Waals surface area contributed by atoms with Crippen molar-refractivity contribution in [2.45, 2.75) is 75.5 Å². The van der Waals surface area contributed by atoms with Gasteiger partial charge in [0.1, 0.15) is 11.8 Å². The average molecular weight is 774 g/mol. The number of benzene rings is 2. The van der Waals surface area contributed by atoms with Crippen LogP contribution in [0, 0.1) is 5.92 Å². The van der Waals surface area contributed by atoms with E-state index >= 15 is 0 Å². The Morgan fingerprint density at radius 3 is 2.41 bits per heavy atom. The zero-order valence-corrected chi connectivity index (χ0v) is 31.0. The molecule has 5 heterocycles. The molecule has 1 saturated carbocycles. The molecule has 14 nitrogen and oxygen atoms in total. The number of amides is 3. The van der Waals surface area contributed by atoms with Crippen LogP contribution in [0.1, 0.15) is 91.1 Å². The van der Waals surface area contributed by atoms with Crippen molar-refractivity contribution in [3.8, 4) is 5.75 Å². The Hall–Kier alpha value is -5.58. The maximum absolute atomic E-state index is 13.4. The van der Waals surface area contributed by atoms with Gasteiger partial charge in [-0.1, -0.05) is 12.1 Å². The van der Waals surface area contributed by atoms with Crippen LogP contribution in [0.3, 0.4) is 0 Å². The van der Waals surface area contributed by atoms with Crippen molar-refractivity contribution in [3.05, 3.63) is 76.4 Å². The van der Waals surface area contributed by atoms with Gasteiger partial charge in [0.25, 0.3) is 5.91 Å². The minimum atomic E-state index is -4.71. The number of aromatic nitrogens is 6. The molecule has 1 aliphatic carbocycles. The smallest absolute Gasteiger partial charge is 0.451 e. The molecule has 294 valence electrons. The summed E-state index contributed by atoms with van der Waals surface area (Å²) in [5.74, 6) is -1.52. The number of rotatable bonds is 8. The number of methoxy groups -OCH3 is 1. The van der Waals surface area contributed by atoms with Crippen LogP contribution in [0.2, 0.25) is 0 Å². The number of alkyl halides is 3. The zero-order chi connectivity index (χ0) is 39.3. The molecular formula is C39H42F3N9O5. The topological polar surface area (TPSA) is 158 Å². The van der Waals surface area contributed by atoms with Gasteiger partial charge in [0.15, 0.2) is 0 Å². The molecule has 5 aromatic rings. The van der Waals surface area contributed by atoms with Crippen molar-refractivity contribution >= 4 is 45.3 Å². The highest BCUT2D eigenvalue weighted by Crippen LogP contribution is 2.38. The Morgan fingerprint density at radius 2 is 1.73 bits per heavy atom. The Morgan fingerprint density at radius 1 is 1.00 bits per heavy atom. The highest BCUT2D eigenvalue weighted by molar-refractivity contribution is 6.06. The number of fused-ring (bicyclic) bond motifs is 2. The molecule has 3 aromatic heterocycles. The number of likely N-dealkylation sites (tertiary alicyclic amines) is 1. The molecule has 2 saturated heterocycles. The predicted octanol–water partition coefficient (Wildman–Crippen LogP) is 5.35. The number of imidazole rings is 1. The van der Waals surface area contributed by atoms with Gasteiger partial charge in [0.2, 0.25) is 17.6 Å². The summed E-state index contributed by atoms with van der Waals surface area (Å²) in [4.78, 5) is 59.8. The van der Waals surface area contributed by atoms with Crippen LogP contribution in [-0.4, -0.2) is 78.2 Å². The first kappa shape index (κ1) is 37.3. The number of halogens is 3. The van der Waals surface area contributed by atoms with E-state index in [1.807, 2.05) is 23.0 Å². The number of nitrogens with zero attached hydrogens (tertiary/aromatic N) is 7. The lowest BCUT2D eigenvalue weighted by molar-refractivity contribution is -0.145. The molecule has 3 fully saturated rings. The maximum Gasteiger partial charge on any atom is 0.451 e. The van der Waals surface area contributed by atoms with E-state index in [4.69, 9.17) is 9.84 Å². The molecule has 1 atom stereocenters. The van der Waals surface area contributed by atoms with Crippen LogP contribution >= 0.6 is 0 Å². The number of aryl methyl sites for hydroxylation is 1. The zero-order valence-electron chi connectivity index (χ0n) is 31.0. The standard InChI is InChI=1S/C39H42F3N9O5/c1-48-34-27(4-3-5-30(34)51(38(48)55)31-10-11-33(52)46-36(31)54)23-12-14-49(15-13-23)20-22-6-8-26(9-7-22)50-21-24-16-29(32(56-2)17-28(24)47-50)45-35(53)25-18-43-37(44-19-25)39(40,41)42/h3-5,16-19,21-23,26,31H,6-15,20H2,1-2H3,(H,45,53)(H,46,52,54). The normalized spacial score (nSPS) is 21.4. The summed E-state index contributed by atoms with van der Waals surface area (Å²) < 4.78 is 49.3. The molecule has 1 unspecified atom stereocenters. The molecule has 17 heteroatoms. The minimum absolute atomic E-state index is 0.123. The number of para-hydroxylation sites is 1. The van der Waals surface area contributed by atoms with Crippen molar-refractivity contribution in [1.82, 2.24) is 39.1 Å². The fourth-order valence-electron chi connectivity index (χ4n) is 8.72. The maximum atomic E-state index is 13.4. The van der Waals surface area contributed by atoms with Crippen LogP contribution in [0.4, 0.5) is 18.9 Å². The van der Waals surface area contributed by atoms with Crippen molar-refractivity contribution in [1.29, 1.82) is 0 Å². The number of carbonyl (C=O) groups excluding carboxylic acids is 3. The van der Waals surface area contributed by atoms with E-state index < -0.39 is 29.9 Å². The Labute approximate surface area is 319 Å². The third-order valence-corrected chi connectivity index (χ3v) is 11.6. The van der Waals surface area contributed by atoms with Crippen LogP contribution in [0.5, 0.6) is 5.75 Å². The second kappa shape index (κ2) is 14.8. The van der Waals surface area contributed by atoms with E-state index in [-0.39, 0.29) is 35.5 Å². The Kier molecular flexibility index (Phi) is 9.88. The van der Waals surface area contributed by atoms with Gasteiger partial charge in [0, 0.05) is 50.1 Å². The second-order valence-corrected chi connectivity index (χ2v) is 15.1. The molecule has 8 rings (SSSR count). The molecule has 2 N–H and O–H groups in total. The molecule has 0 spiro atoms. The number of piperidine rings is 2. The van der Waals surface area contributed by atoms with Gasteiger partial charge in [-0.25, -0.2) is 14.8 Å². The van der Waals surface area contributed by atoms with E-state index in [1.165, 1.54) is 7.11 Å². The average Bonchev–Trinajstić information content (AvgIpc) is 3.72. The predicted molar refractivity (Wildman–Crippen MR) is 199 cm³/mol. The third-order valence-electron chi connectivity index (χ3n) is 11.6. The van der Waals surface area contributed by atoms with Gasteiger partial charge in [-0.3, -0.25) is 33.5 Å². The van der Waals surface area contributed by atoms with Crippen LogP contribution in [0.25, 0.3) is 21.9 Å². The van der Waals surface area contributed by atoms with E-state index in [1.54, 1.807) is 28.3 Å². The molecule has 2 aromatic carbocycles. The highest BCUT2D eigenvalue weighted by Gasteiger charge is 2.35. The van der Waals surface area contributed by atoms with E-state index in [2.05, 4.69) is 31.6 Å². The van der Waals surface area contributed by atoms with Crippen molar-refractivity contribution < 1.29 is 32.3 Å². The van der Waals surface area contributed by atoms with Crippen molar-refractivity contribution in [2.75, 3.05) is 32.1 Å². The fourth-order valence-corrected chi connectivity index (χ4v) is 8.72. The van der Waals surface area contributed by atoms with Crippen molar-refractivity contribution in [3.63, 3.8) is 0 Å². The second-order valence-electron chi connectivity index (χ2n) is 15.1. The first-order chi connectivity index (χ1) is 26.9. The summed E-state index contributed by atoms with van der Waals surface area (Å²) in [6, 6.07) is 8.93. The van der Waals surface area contributed by atoms with Crippen LogP contribution in [-0.2, 0) is 22.8 Å². The first-order valence-corrected chi connectivity index (χ1v) is 18.9. The number of imide groups is 1. The van der Waals surface area contributed by atoms with Gasteiger partial charge in [-0.2, -0.15) is 18.3 Å². The lowest BCUT2D eigenvalue weighted by Crippen LogP contribution is -2.44. The molecular weight excluding hydrogens is 731 g/mol. The van der Waals surface area contributed by atoms with E-state index in [0.717, 1.165) is 92.5 Å². The number of anilines is 1. The highest BCUT2D eigenvalue weighted by atomic mass is 19.4. The molecule has 3 amide bonds. The van der Waals surface area contributed by atoms with Gasteiger partial charge < -0.3 is 15.0 Å². The van der Waals surface area contributed by atoms with Gasteiger partial charge in [0.05, 0.1) is 41.0 Å². The van der Waals surface area contributed by atoms with Crippen molar-refractivity contribution in [2.24, 2.45) is 13.0 Å². The number of ether oxygens (including phenoxy) is 1. The Balaban J connectivity index is 0.871. The molecule has 0 radical (unpaired) electrons. The summed E-state index contributed by atoms with van der Waals surface area (Å²) in [5, 5.41) is 10.7. The minimum Gasteiger partial charge on any atom is -0.494 e. The summed E-state index contributed by atoms with van der Waals surface area (Å²) in [5.41, 5.74) is 3.39. The SMILES string of the molecule is COc1cc2nn(C3CCC(CN4CCC(c5cccc6c5n(C)c(=O)n6C5CCC(=O)NC5=O)CC4)CC3)cc2cc1NC(=O)c1cnc(C(F)(F)F)nc1. The molecule has 2 aliphatic heterocycles. The van der Waals surface area contributed by atoms with Gasteiger partial charge in [-0.05, 0) is 87.6 Å². The number of hydrogen-bond acceptors (Lipinski definition) is 9. The molecule has 3 aliphatic rings. The molecule has 56 heavy (non-hydrogen) atoms. The lowest BCUT2D eigenvalue weighted by Gasteiger charge is -2.37. The summed E-state index contributed by atoms with van der Waals surface area (Å²) in [7, 11) is 3.22. The summed E-state index contributed by atoms with van der Waals surface area (Å²) >= 11 is 0. The lowest BCUT2D eigenvalue weighted by atomic mass is 9.84. The number of nitrogens with one attached hydrogen (secondary N) is 2. The number of carbonyl (C=O) groups is 3. The monoisotopic (exact) mass is 773 g/mol. The first-order valence-electron chi connectivity index (χ1n) is 18.9. The van der Waals surface area contributed by atoms with E-state index in [9.17, 15) is 32.3 Å². The van der Waals surface area contributed by atoms with E-state index in [0.29, 0.717) is 29.3 Å². The molecule has 0 bridgehead atoms.